The van der Waals surface area contributed by atoms with Crippen molar-refractivity contribution in [2.24, 2.45) is 0 Å². The minimum absolute atomic E-state index is 0.154. The van der Waals surface area contributed by atoms with Crippen LogP contribution in [0.4, 0.5) is 0 Å². The van der Waals surface area contributed by atoms with Gasteiger partial charge in [0.05, 0.1) is 21.3 Å². The average molecular weight is 284 g/mol. The zero-order valence-corrected chi connectivity index (χ0v) is 10.7. The van der Waals surface area contributed by atoms with Gasteiger partial charge in [0.25, 0.3) is 0 Å². The maximum absolute atomic E-state index is 8.76. The van der Waals surface area contributed by atoms with Crippen molar-refractivity contribution in [2.45, 2.75) is 0 Å². The number of aromatic nitrogens is 1. The van der Waals surface area contributed by atoms with Crippen LogP contribution in [-0.4, -0.2) is 4.98 Å². The first-order valence-electron chi connectivity index (χ1n) is 4.64. The first-order valence-corrected chi connectivity index (χ1v) is 5.78. The minimum Gasteiger partial charge on any atom is -0.235 e. The molecule has 84 valence electrons. The summed E-state index contributed by atoms with van der Waals surface area (Å²) in [5, 5.41) is 9.78. The van der Waals surface area contributed by atoms with Gasteiger partial charge in [-0.3, -0.25) is 0 Å². The smallest absolute Gasteiger partial charge is 0.147 e. The maximum atomic E-state index is 8.76. The summed E-state index contributed by atoms with van der Waals surface area (Å²) in [5.41, 5.74) is 1.60. The molecule has 0 bridgehead atoms. The molecule has 0 radical (unpaired) electrons. The van der Waals surface area contributed by atoms with Crippen LogP contribution < -0.4 is 0 Å². The number of halogens is 3. The Morgan fingerprint density at radius 2 is 1.82 bits per heavy atom. The third-order valence-corrected chi connectivity index (χ3v) is 3.30. The Morgan fingerprint density at radius 1 is 1.06 bits per heavy atom. The standard InChI is InChI=1S/C12H5Cl3N2/c13-9-3-1-2-8(11(9)14)10-5-4-7(6-16)12(15)17-10/h1-5H. The summed E-state index contributed by atoms with van der Waals surface area (Å²) in [6.45, 7) is 0. The van der Waals surface area contributed by atoms with E-state index in [1.165, 1.54) is 0 Å². The van der Waals surface area contributed by atoms with Crippen molar-refractivity contribution in [3.05, 3.63) is 51.1 Å². The highest BCUT2D eigenvalue weighted by Gasteiger charge is 2.10. The zero-order valence-electron chi connectivity index (χ0n) is 8.42. The average Bonchev–Trinajstić information content (AvgIpc) is 2.32. The lowest BCUT2D eigenvalue weighted by atomic mass is 10.1. The second kappa shape index (κ2) is 4.93. The molecule has 0 aliphatic heterocycles. The molecular weight excluding hydrogens is 279 g/mol. The summed E-state index contributed by atoms with van der Waals surface area (Å²) in [6, 6.07) is 10.5. The summed E-state index contributed by atoms with van der Waals surface area (Å²) in [6.07, 6.45) is 0. The van der Waals surface area contributed by atoms with E-state index in [0.29, 0.717) is 26.9 Å². The fourth-order valence-corrected chi connectivity index (χ4v) is 1.96. The van der Waals surface area contributed by atoms with Gasteiger partial charge in [-0.25, -0.2) is 4.98 Å². The van der Waals surface area contributed by atoms with Gasteiger partial charge < -0.3 is 0 Å². The molecule has 5 heteroatoms. The first-order chi connectivity index (χ1) is 8.13. The van der Waals surface area contributed by atoms with Crippen LogP contribution in [-0.2, 0) is 0 Å². The summed E-state index contributed by atoms with van der Waals surface area (Å²) in [7, 11) is 0. The van der Waals surface area contributed by atoms with Crippen LogP contribution in [0.2, 0.25) is 15.2 Å². The zero-order chi connectivity index (χ0) is 12.4. The fraction of sp³-hybridized carbons (Fsp3) is 0. The third-order valence-electron chi connectivity index (χ3n) is 2.20. The van der Waals surface area contributed by atoms with Gasteiger partial charge in [-0.15, -0.1) is 0 Å². The Hall–Kier alpha value is -1.27. The van der Waals surface area contributed by atoms with Gasteiger partial charge >= 0.3 is 0 Å². The van der Waals surface area contributed by atoms with Gasteiger partial charge in [0.1, 0.15) is 11.2 Å². The number of hydrogen-bond donors (Lipinski definition) is 0. The molecule has 1 heterocycles. The molecule has 0 aliphatic carbocycles. The molecule has 0 aliphatic rings. The van der Waals surface area contributed by atoms with Crippen molar-refractivity contribution >= 4 is 34.8 Å². The predicted molar refractivity (Wildman–Crippen MR) is 69.4 cm³/mol. The normalized spacial score (nSPS) is 10.0. The summed E-state index contributed by atoms with van der Waals surface area (Å²) in [4.78, 5) is 4.12. The Labute approximate surface area is 113 Å². The van der Waals surface area contributed by atoms with E-state index in [1.54, 1.807) is 30.3 Å². The van der Waals surface area contributed by atoms with E-state index in [1.807, 2.05) is 6.07 Å². The van der Waals surface area contributed by atoms with Crippen molar-refractivity contribution in [3.8, 4) is 17.3 Å². The first kappa shape index (κ1) is 12.2. The molecule has 0 atom stereocenters. The molecule has 1 aromatic carbocycles. The Balaban J connectivity index is 2.59. The minimum atomic E-state index is 0.154. The Kier molecular flexibility index (Phi) is 3.54. The van der Waals surface area contributed by atoms with E-state index in [4.69, 9.17) is 40.1 Å². The van der Waals surface area contributed by atoms with Crippen LogP contribution in [0.1, 0.15) is 5.56 Å². The topological polar surface area (TPSA) is 36.7 Å². The number of nitrogens with zero attached hydrogens (tertiary/aromatic N) is 2. The van der Waals surface area contributed by atoms with E-state index >= 15 is 0 Å². The van der Waals surface area contributed by atoms with Crippen molar-refractivity contribution < 1.29 is 0 Å². The summed E-state index contributed by atoms with van der Waals surface area (Å²) < 4.78 is 0. The van der Waals surface area contributed by atoms with E-state index in [9.17, 15) is 0 Å². The molecule has 0 fully saturated rings. The lowest BCUT2D eigenvalue weighted by Gasteiger charge is -2.05. The summed E-state index contributed by atoms with van der Waals surface area (Å²) >= 11 is 17.9. The number of hydrogen-bond acceptors (Lipinski definition) is 2. The highest BCUT2D eigenvalue weighted by Crippen LogP contribution is 2.33. The lowest BCUT2D eigenvalue weighted by molar-refractivity contribution is 1.30. The van der Waals surface area contributed by atoms with Gasteiger partial charge in [0.2, 0.25) is 0 Å². The molecule has 0 saturated carbocycles. The number of pyridine rings is 1. The van der Waals surface area contributed by atoms with Gasteiger partial charge in [-0.2, -0.15) is 5.26 Å². The highest BCUT2D eigenvalue weighted by molar-refractivity contribution is 6.43. The Bertz CT molecular complexity index is 618. The third kappa shape index (κ3) is 2.37. The monoisotopic (exact) mass is 282 g/mol. The molecule has 0 unspecified atom stereocenters. The van der Waals surface area contributed by atoms with Crippen LogP contribution >= 0.6 is 34.8 Å². The molecule has 0 saturated heterocycles. The van der Waals surface area contributed by atoms with Crippen LogP contribution in [0.3, 0.4) is 0 Å². The van der Waals surface area contributed by atoms with Crippen LogP contribution in [0.25, 0.3) is 11.3 Å². The molecule has 0 amide bonds. The Morgan fingerprint density at radius 3 is 2.47 bits per heavy atom. The number of benzene rings is 1. The second-order valence-electron chi connectivity index (χ2n) is 3.25. The van der Waals surface area contributed by atoms with E-state index in [2.05, 4.69) is 4.98 Å². The van der Waals surface area contributed by atoms with Gasteiger partial charge in [0, 0.05) is 5.56 Å². The van der Waals surface area contributed by atoms with E-state index in [-0.39, 0.29) is 5.15 Å². The summed E-state index contributed by atoms with van der Waals surface area (Å²) in [5.74, 6) is 0. The molecule has 2 rings (SSSR count). The molecule has 0 N–H and O–H groups in total. The number of rotatable bonds is 1. The molecule has 17 heavy (non-hydrogen) atoms. The second-order valence-corrected chi connectivity index (χ2v) is 4.39. The van der Waals surface area contributed by atoms with Crippen LogP contribution in [0, 0.1) is 11.3 Å². The molecule has 0 spiro atoms. The van der Waals surface area contributed by atoms with Gasteiger partial charge in [0.15, 0.2) is 0 Å². The predicted octanol–water partition coefficient (Wildman–Crippen LogP) is 4.58. The van der Waals surface area contributed by atoms with Crippen molar-refractivity contribution in [3.63, 3.8) is 0 Å². The molecule has 2 aromatic rings. The van der Waals surface area contributed by atoms with Gasteiger partial charge in [-0.05, 0) is 18.2 Å². The molecule has 2 nitrogen and oxygen atoms in total. The largest absolute Gasteiger partial charge is 0.235 e. The van der Waals surface area contributed by atoms with Crippen molar-refractivity contribution in [2.75, 3.05) is 0 Å². The van der Waals surface area contributed by atoms with Crippen molar-refractivity contribution in [1.29, 1.82) is 5.26 Å². The van der Waals surface area contributed by atoms with Crippen molar-refractivity contribution in [1.82, 2.24) is 4.98 Å². The highest BCUT2D eigenvalue weighted by atomic mass is 35.5. The van der Waals surface area contributed by atoms with Crippen LogP contribution in [0.5, 0.6) is 0 Å². The SMILES string of the molecule is N#Cc1ccc(-c2cccc(Cl)c2Cl)nc1Cl. The molecule has 1 aromatic heterocycles. The van der Waals surface area contributed by atoms with E-state index < -0.39 is 0 Å². The fourth-order valence-electron chi connectivity index (χ4n) is 1.37. The van der Waals surface area contributed by atoms with Gasteiger partial charge in [-0.1, -0.05) is 46.9 Å². The lowest BCUT2D eigenvalue weighted by Crippen LogP contribution is -1.88. The number of nitriles is 1. The quantitative estimate of drug-likeness (QED) is 0.718. The van der Waals surface area contributed by atoms with Crippen LogP contribution in [0.15, 0.2) is 30.3 Å². The maximum Gasteiger partial charge on any atom is 0.147 e. The van der Waals surface area contributed by atoms with E-state index in [0.717, 1.165) is 0 Å². The molecular formula is C12H5Cl3N2.